The number of rotatable bonds is 6. The molecule has 0 spiro atoms. The first-order chi connectivity index (χ1) is 16.4. The van der Waals surface area contributed by atoms with Crippen LogP contribution in [-0.4, -0.2) is 47.5 Å². The number of amides is 2. The van der Waals surface area contributed by atoms with Crippen LogP contribution in [0.4, 0.5) is 5.82 Å². The third kappa shape index (κ3) is 4.71. The van der Waals surface area contributed by atoms with Gasteiger partial charge in [-0.2, -0.15) is 14.8 Å². The molecule has 9 nitrogen and oxygen atoms in total. The number of thiophene rings is 1. The van der Waals surface area contributed by atoms with Crippen LogP contribution in [0.3, 0.4) is 0 Å². The molecule has 1 N–H and O–H groups in total. The van der Waals surface area contributed by atoms with Crippen LogP contribution in [-0.2, 0) is 9.59 Å². The predicted octanol–water partition coefficient (Wildman–Crippen LogP) is 4.04. The zero-order chi connectivity index (χ0) is 24.2. The molecular weight excluding hydrogens is 454 g/mol. The van der Waals surface area contributed by atoms with Gasteiger partial charge in [0.05, 0.1) is 30.4 Å². The van der Waals surface area contributed by atoms with E-state index in [0.29, 0.717) is 28.7 Å². The Bertz CT molecular complexity index is 1370. The fourth-order valence-electron chi connectivity index (χ4n) is 3.11. The summed E-state index contributed by atoms with van der Waals surface area (Å²) in [5, 5.41) is 9.24. The normalized spacial score (nSPS) is 13.6. The molecule has 172 valence electrons. The van der Waals surface area contributed by atoms with Crippen molar-refractivity contribution < 1.29 is 19.1 Å². The van der Waals surface area contributed by atoms with Gasteiger partial charge in [0, 0.05) is 12.1 Å². The molecule has 0 bridgehead atoms. The van der Waals surface area contributed by atoms with Crippen LogP contribution in [0, 0.1) is 0 Å². The zero-order valence-electron chi connectivity index (χ0n) is 18.7. The highest BCUT2D eigenvalue weighted by molar-refractivity contribution is 7.13. The van der Waals surface area contributed by atoms with E-state index in [1.54, 1.807) is 51.5 Å². The van der Waals surface area contributed by atoms with E-state index in [1.807, 2.05) is 17.5 Å². The molecule has 2 amide bonds. The average molecular weight is 476 g/mol. The molecule has 1 aliphatic rings. The van der Waals surface area contributed by atoms with E-state index in [0.717, 1.165) is 10.4 Å². The highest BCUT2D eigenvalue weighted by Gasteiger charge is 2.22. The lowest BCUT2D eigenvalue weighted by Gasteiger charge is -2.12. The monoisotopic (exact) mass is 475 g/mol. The zero-order valence-corrected chi connectivity index (χ0v) is 19.5. The SMILES string of the molecule is C=C1C(=O)N=C(n2nc(-c3cccs3)cc2NC(=O)/C=C/c2ccc(OC)c(OC)c2)N=C1C. The van der Waals surface area contributed by atoms with E-state index < -0.39 is 11.8 Å². The Morgan fingerprint density at radius 1 is 1.15 bits per heavy atom. The summed E-state index contributed by atoms with van der Waals surface area (Å²) < 4.78 is 11.9. The highest BCUT2D eigenvalue weighted by atomic mass is 32.1. The molecule has 2 aromatic heterocycles. The van der Waals surface area contributed by atoms with Gasteiger partial charge < -0.3 is 14.8 Å². The number of methoxy groups -OCH3 is 2. The van der Waals surface area contributed by atoms with Gasteiger partial charge in [0.2, 0.25) is 5.91 Å². The standard InChI is InChI=1S/C24H21N5O4S/c1-14-15(2)25-24(27-23(14)31)29-21(13-17(28-29)20-6-5-11-34-20)26-22(30)10-8-16-7-9-18(32-3)19(12-16)33-4/h5-13H,1H2,2-4H3,(H,26,30)/b10-8+. The van der Waals surface area contributed by atoms with Gasteiger partial charge in [-0.15, -0.1) is 11.3 Å². The second-order valence-corrected chi connectivity index (χ2v) is 8.08. The van der Waals surface area contributed by atoms with Crippen LogP contribution >= 0.6 is 11.3 Å². The third-order valence-electron chi connectivity index (χ3n) is 4.92. The largest absolute Gasteiger partial charge is 0.493 e. The molecule has 1 aliphatic heterocycles. The van der Waals surface area contributed by atoms with Crippen LogP contribution < -0.4 is 14.8 Å². The summed E-state index contributed by atoms with van der Waals surface area (Å²) >= 11 is 1.50. The van der Waals surface area contributed by atoms with Gasteiger partial charge in [0.15, 0.2) is 11.5 Å². The number of hydrogen-bond acceptors (Lipinski definition) is 7. The molecule has 10 heteroatoms. The molecule has 0 atom stereocenters. The summed E-state index contributed by atoms with van der Waals surface area (Å²) in [5.41, 5.74) is 2.02. The fraction of sp³-hybridized carbons (Fsp3) is 0.125. The second kappa shape index (κ2) is 9.67. The van der Waals surface area contributed by atoms with E-state index in [9.17, 15) is 9.59 Å². The number of nitrogens with zero attached hydrogens (tertiary/aromatic N) is 4. The van der Waals surface area contributed by atoms with E-state index in [1.165, 1.54) is 22.1 Å². The Balaban J connectivity index is 1.63. The summed E-state index contributed by atoms with van der Waals surface area (Å²) in [6, 6.07) is 10.8. The topological polar surface area (TPSA) is 107 Å². The van der Waals surface area contributed by atoms with Gasteiger partial charge >= 0.3 is 0 Å². The minimum Gasteiger partial charge on any atom is -0.493 e. The number of aromatic nitrogens is 2. The number of benzene rings is 1. The number of ether oxygens (including phenoxy) is 2. The molecule has 0 radical (unpaired) electrons. The summed E-state index contributed by atoms with van der Waals surface area (Å²) in [7, 11) is 3.10. The van der Waals surface area contributed by atoms with Crippen LogP contribution in [0.15, 0.2) is 70.0 Å². The van der Waals surface area contributed by atoms with Crippen LogP contribution in [0.5, 0.6) is 11.5 Å². The van der Waals surface area contributed by atoms with Gasteiger partial charge in [-0.1, -0.05) is 18.7 Å². The first-order valence-electron chi connectivity index (χ1n) is 10.1. The quantitative estimate of drug-likeness (QED) is 0.542. The number of aliphatic imine (C=N–C) groups is 2. The molecule has 0 unspecified atom stereocenters. The van der Waals surface area contributed by atoms with Crippen molar-refractivity contribution in [3.8, 4) is 22.1 Å². The number of hydrogen-bond donors (Lipinski definition) is 1. The van der Waals surface area contributed by atoms with Gasteiger partial charge in [0.1, 0.15) is 11.5 Å². The lowest BCUT2D eigenvalue weighted by molar-refractivity contribution is -0.114. The summed E-state index contributed by atoms with van der Waals surface area (Å²) in [4.78, 5) is 34.1. The molecule has 3 heterocycles. The lowest BCUT2D eigenvalue weighted by atomic mass is 10.2. The minimum atomic E-state index is -0.499. The maximum Gasteiger partial charge on any atom is 0.281 e. The van der Waals surface area contributed by atoms with Crippen molar-refractivity contribution in [3.63, 3.8) is 0 Å². The average Bonchev–Trinajstić information content (AvgIpc) is 3.51. The van der Waals surface area contributed by atoms with Crippen LogP contribution in [0.25, 0.3) is 16.6 Å². The van der Waals surface area contributed by atoms with Gasteiger partial charge in [-0.3, -0.25) is 9.59 Å². The maximum absolute atomic E-state index is 12.7. The van der Waals surface area contributed by atoms with Crippen molar-refractivity contribution in [1.82, 2.24) is 9.78 Å². The summed E-state index contributed by atoms with van der Waals surface area (Å²) in [5.74, 6) is 0.620. The van der Waals surface area contributed by atoms with Gasteiger partial charge in [-0.25, -0.2) is 4.99 Å². The second-order valence-electron chi connectivity index (χ2n) is 7.13. The summed E-state index contributed by atoms with van der Waals surface area (Å²) in [6.45, 7) is 5.36. The van der Waals surface area contributed by atoms with E-state index in [-0.39, 0.29) is 11.5 Å². The van der Waals surface area contributed by atoms with Crippen molar-refractivity contribution in [1.29, 1.82) is 0 Å². The first kappa shape index (κ1) is 22.9. The fourth-order valence-corrected chi connectivity index (χ4v) is 3.80. The molecule has 0 aliphatic carbocycles. The van der Waals surface area contributed by atoms with E-state index in [4.69, 9.17) is 9.47 Å². The first-order valence-corrected chi connectivity index (χ1v) is 11.0. The number of nitrogens with one attached hydrogen (secondary N) is 1. The van der Waals surface area contributed by atoms with Crippen molar-refractivity contribution >= 4 is 46.7 Å². The lowest BCUT2D eigenvalue weighted by Crippen LogP contribution is -2.24. The van der Waals surface area contributed by atoms with E-state index in [2.05, 4.69) is 27.0 Å². The van der Waals surface area contributed by atoms with Crippen molar-refractivity contribution in [2.75, 3.05) is 19.5 Å². The van der Waals surface area contributed by atoms with Crippen molar-refractivity contribution in [2.45, 2.75) is 6.92 Å². The third-order valence-corrected chi connectivity index (χ3v) is 5.81. The van der Waals surface area contributed by atoms with Crippen molar-refractivity contribution in [3.05, 3.63) is 65.6 Å². The van der Waals surface area contributed by atoms with Crippen LogP contribution in [0.1, 0.15) is 12.5 Å². The number of carbonyl (C=O) groups excluding carboxylic acids is 2. The molecular formula is C24H21N5O4S. The smallest absolute Gasteiger partial charge is 0.281 e. The maximum atomic E-state index is 12.7. The number of anilines is 1. The van der Waals surface area contributed by atoms with Crippen molar-refractivity contribution in [2.24, 2.45) is 9.98 Å². The highest BCUT2D eigenvalue weighted by Crippen LogP contribution is 2.29. The molecule has 34 heavy (non-hydrogen) atoms. The van der Waals surface area contributed by atoms with Gasteiger partial charge in [0.25, 0.3) is 11.9 Å². The van der Waals surface area contributed by atoms with Crippen LogP contribution in [0.2, 0.25) is 0 Å². The predicted molar refractivity (Wildman–Crippen MR) is 133 cm³/mol. The Labute approximate surface area is 199 Å². The molecule has 0 saturated heterocycles. The number of carbonyl (C=O) groups is 2. The summed E-state index contributed by atoms with van der Waals surface area (Å²) in [6.07, 6.45) is 3.03. The van der Waals surface area contributed by atoms with Gasteiger partial charge in [-0.05, 0) is 42.1 Å². The minimum absolute atomic E-state index is 0.0527. The molecule has 0 fully saturated rings. The Hall–Kier alpha value is -4.31. The van der Waals surface area contributed by atoms with E-state index >= 15 is 0 Å². The Morgan fingerprint density at radius 2 is 1.94 bits per heavy atom. The Kier molecular flexibility index (Phi) is 6.51. The Morgan fingerprint density at radius 3 is 2.62 bits per heavy atom. The molecule has 0 saturated carbocycles. The molecule has 3 aromatic rings. The molecule has 4 rings (SSSR count). The molecule has 1 aromatic carbocycles.